The summed E-state index contributed by atoms with van der Waals surface area (Å²) in [5, 5.41) is 91.0. The maximum Gasteiger partial charge on any atom is 2.00 e. The van der Waals surface area contributed by atoms with E-state index < -0.39 is 10.8 Å². The van der Waals surface area contributed by atoms with Crippen LogP contribution < -0.4 is 9.97 Å². The van der Waals surface area contributed by atoms with Gasteiger partial charge in [0.25, 0.3) is 0 Å². The molecule has 3 atom stereocenters. The van der Waals surface area contributed by atoms with E-state index in [4.69, 9.17) is 39.9 Å². The number of fused-ring (bicyclic) bond motifs is 20. The molecule has 8 bridgehead atoms. The number of aromatic nitrogens is 8. The van der Waals surface area contributed by atoms with Crippen LogP contribution in [0.1, 0.15) is 113 Å². The normalized spacial score (nSPS) is 19.7. The average Bonchev–Trinajstić information content (AvgIpc) is 1.38. The van der Waals surface area contributed by atoms with Crippen molar-refractivity contribution in [2.24, 2.45) is 0 Å². The Balaban J connectivity index is 0.00000594. The van der Waals surface area contributed by atoms with E-state index in [-0.39, 0.29) is 39.4 Å². The molecule has 10 heteroatoms. The first-order valence-electron chi connectivity index (χ1n) is 42.2. The van der Waals surface area contributed by atoms with Crippen LogP contribution in [0.4, 0.5) is 0 Å². The van der Waals surface area contributed by atoms with Gasteiger partial charge < -0.3 is 29.9 Å². The third-order valence-electron chi connectivity index (χ3n) is 35.5. The molecule has 42 rings (SSSR count). The van der Waals surface area contributed by atoms with E-state index in [0.717, 1.165) is 61.5 Å². The van der Waals surface area contributed by atoms with Crippen molar-refractivity contribution in [2.45, 2.75) is 95.4 Å². The van der Waals surface area contributed by atoms with Gasteiger partial charge in [-0.2, -0.15) is 0 Å². The molecule has 0 amide bonds. The quantitative estimate of drug-likeness (QED) is 0.117. The van der Waals surface area contributed by atoms with Crippen LogP contribution in [0.5, 0.6) is 0 Å². The minimum absolute atomic E-state index is 0. The summed E-state index contributed by atoms with van der Waals surface area (Å²) in [5.74, 6) is 2.34. The molecule has 1 fully saturated rings. The van der Waals surface area contributed by atoms with Gasteiger partial charge in [0.15, 0.2) is 0 Å². The van der Waals surface area contributed by atoms with Gasteiger partial charge >= 0.3 is 17.1 Å². The van der Waals surface area contributed by atoms with E-state index in [1.807, 2.05) is 0 Å². The number of nitrogens with zero attached hydrogens (tertiary/aromatic N) is 9. The molecule has 9 nitrogen and oxygen atoms in total. The maximum absolute atomic E-state index is 5.93. The average molecular weight is 1520 g/mol. The van der Waals surface area contributed by atoms with E-state index in [1.54, 1.807) is 313 Å². The summed E-state index contributed by atoms with van der Waals surface area (Å²) in [4.78, 5) is 48.6. The largest absolute Gasteiger partial charge is 2.00 e. The van der Waals surface area contributed by atoms with Crippen LogP contribution >= 0.6 is 0 Å². The molecule has 117 heavy (non-hydrogen) atoms. The fourth-order valence-electron chi connectivity index (χ4n) is 33.2. The van der Waals surface area contributed by atoms with Crippen molar-refractivity contribution in [1.29, 1.82) is 0 Å². The van der Waals surface area contributed by atoms with Gasteiger partial charge in [-0.15, -0.1) is 0 Å². The van der Waals surface area contributed by atoms with Gasteiger partial charge in [-0.1, -0.05) is 123 Å². The summed E-state index contributed by atoms with van der Waals surface area (Å²) in [6.45, 7) is 21.4. The van der Waals surface area contributed by atoms with Gasteiger partial charge in [0.1, 0.15) is 0 Å². The van der Waals surface area contributed by atoms with E-state index >= 15 is 0 Å². The predicted octanol–water partition coefficient (Wildman–Crippen LogP) is 26.3. The molecule has 1 radical (unpaired) electrons. The second kappa shape index (κ2) is 13.9. The minimum atomic E-state index is -0.587. The number of hydrogen-bond acceptors (Lipinski definition) is 7. The number of rotatable bonds is 1. The van der Waals surface area contributed by atoms with Gasteiger partial charge in [0.2, 0.25) is 0 Å². The molecule has 3 aromatic heterocycles. The van der Waals surface area contributed by atoms with Gasteiger partial charge in [0.05, 0.1) is 34.1 Å². The second-order valence-electron chi connectivity index (χ2n) is 42.0. The van der Waals surface area contributed by atoms with Crippen LogP contribution in [0.25, 0.3) is 381 Å². The molecule has 529 valence electrons. The molecule has 6 heterocycles. The molecule has 3 unspecified atom stereocenters. The first kappa shape index (κ1) is 54.1. The van der Waals surface area contributed by atoms with Crippen LogP contribution in [0, 0.1) is 0 Å². The zero-order chi connectivity index (χ0) is 73.5. The Kier molecular flexibility index (Phi) is 6.44. The summed E-state index contributed by atoms with van der Waals surface area (Å²) in [7, 11) is 2.57. The van der Waals surface area contributed by atoms with Crippen molar-refractivity contribution >= 4 is 335 Å². The van der Waals surface area contributed by atoms with Gasteiger partial charge in [-0.3, -0.25) is 4.90 Å². The molecular weight excluding hydrogens is 1470 g/mol. The predicted molar refractivity (Wildman–Crippen MR) is 479 cm³/mol. The van der Waals surface area contributed by atoms with Crippen molar-refractivity contribution in [3.8, 4) is 45.6 Å². The minimum Gasteiger partial charge on any atom is -0.357 e. The number of likely N-dealkylation sites (tertiary alicyclic amines) is 1. The SMILES string of the molecule is CN1CC23c4c5c6c7c8c9c(c%10c%11c2c2c%12c4c4c%13c5c5c7c7c8c8c%14c9c%10c9c%10c%11c2c2c%11c%12c4c4c%12c%13c5c5c7c7c8c8c%14c9c9c%10c2c2c%11c4c4c%12c5c7c5c8c9c2c45)C63C1c1ccc2c(c1)-c1nc-2nc2[n-]c(nc3nc(nc4[n-]c(n1)c1ccc(C(C)(C)C)cc41)-c1cccc(C(C)(C)C)c1-3)c1cccc(C(C)(C)C)c21.[Cu+2]. The molecular formula is C107H45CuN9. The first-order valence-corrected chi connectivity index (χ1v) is 42.2. The van der Waals surface area contributed by atoms with Crippen molar-refractivity contribution in [2.75, 3.05) is 13.6 Å². The van der Waals surface area contributed by atoms with Crippen LogP contribution in [0.15, 0.2) is 72.8 Å². The summed E-state index contributed by atoms with van der Waals surface area (Å²) < 4.78 is 0. The fraction of sp³-hybridized carbons (Fsp3) is 0.159. The molecule has 35 aromatic rings. The van der Waals surface area contributed by atoms with Gasteiger partial charge in [-0.25, -0.2) is 9.97 Å². The molecule has 4 aliphatic carbocycles. The molecule has 3 aliphatic heterocycles. The fourth-order valence-corrected chi connectivity index (χ4v) is 33.2. The van der Waals surface area contributed by atoms with Crippen molar-refractivity contribution in [3.05, 3.63) is 117 Å². The van der Waals surface area contributed by atoms with Crippen molar-refractivity contribution in [1.82, 2.24) is 44.8 Å². The Labute approximate surface area is 663 Å². The van der Waals surface area contributed by atoms with Crippen molar-refractivity contribution in [3.63, 3.8) is 0 Å². The topological polar surface area (TPSA) is 109 Å². The van der Waals surface area contributed by atoms with Gasteiger partial charge in [0, 0.05) is 57.4 Å². The van der Waals surface area contributed by atoms with E-state index in [2.05, 4.69) is 147 Å². The molecule has 0 saturated carbocycles. The second-order valence-corrected chi connectivity index (χ2v) is 42.0. The van der Waals surface area contributed by atoms with Gasteiger partial charge in [-0.05, 0) is 392 Å². The zero-order valence-electron chi connectivity index (χ0n) is 64.0. The number of benzene rings is 21. The molecule has 1 saturated heterocycles. The summed E-state index contributed by atoms with van der Waals surface area (Å²) in [6, 6.07) is 27.3. The van der Waals surface area contributed by atoms with E-state index in [9.17, 15) is 0 Å². The summed E-state index contributed by atoms with van der Waals surface area (Å²) in [6.07, 6.45) is 0. The molecule has 0 N–H and O–H groups in total. The zero-order valence-corrected chi connectivity index (χ0v) is 65.0. The Bertz CT molecular complexity index is 11100. The van der Waals surface area contributed by atoms with E-state index in [1.165, 1.54) is 11.1 Å². The monoisotopic (exact) mass is 1520 g/mol. The van der Waals surface area contributed by atoms with Crippen molar-refractivity contribution < 1.29 is 17.1 Å². The van der Waals surface area contributed by atoms with Crippen LogP contribution in [-0.2, 0) is 44.1 Å². The maximum atomic E-state index is 5.93. The van der Waals surface area contributed by atoms with Crippen LogP contribution in [0.2, 0.25) is 0 Å². The molecule has 2 spiro atoms. The first-order chi connectivity index (χ1) is 56.5. The Morgan fingerprint density at radius 1 is 0.291 bits per heavy atom. The Morgan fingerprint density at radius 2 is 0.641 bits per heavy atom. The number of hydrogen-bond donors (Lipinski definition) is 0. The third-order valence-corrected chi connectivity index (χ3v) is 35.5. The number of likely N-dealkylation sites (N-methyl/N-ethyl adjacent to an activating group) is 1. The molecule has 7 aliphatic rings. The summed E-state index contributed by atoms with van der Waals surface area (Å²) in [5.41, 5.74) is 15.9. The standard InChI is InChI=1S/C107H45N9.Cu/c1-103(2,3)25-18-20-27-31(22-25)100-109-95(27)108-99-30-21-24(17-19-26(30)96(110-99)112-101-35-29(14-12-16-33(35)105(7,8)9)98(114-101)115-102-34-28(97(111-100)113-102)13-11-15-32(34)104(4,5)6)94-107-92-85-77-65-57-48-39-37-36-38-42(39)51-58-56-47(38)49-45-40(36)43-44-41(37)46-50(48)63(65)71-69-55(46)53(44)61-60-52(43)54(45)68-70-62(49)64(56)76-78-66(58)67(59(51)57)79(77)88(92)87(78)90-83(76)81(70)84-74(68)72(60)80-73(61)75(69)86(82(71)85)93(107)89(80)91(84)106(90,107)23-116(94)10;/h11-22,94H,23H2,1-10H3;/q-2;+2. The smallest absolute Gasteiger partial charge is 0.357 e. The van der Waals surface area contributed by atoms with Crippen LogP contribution in [0.3, 0.4) is 0 Å². The van der Waals surface area contributed by atoms with Crippen LogP contribution in [-0.4, -0.2) is 48.4 Å². The Hall–Kier alpha value is -12.8. The third kappa shape index (κ3) is 3.98. The van der Waals surface area contributed by atoms with E-state index in [0.29, 0.717) is 45.9 Å². The molecule has 32 aromatic carbocycles. The summed E-state index contributed by atoms with van der Waals surface area (Å²) >= 11 is 0. The Morgan fingerprint density at radius 3 is 1.13 bits per heavy atom.